The van der Waals surface area contributed by atoms with E-state index >= 15 is 0 Å². The number of hydrogen-bond acceptors (Lipinski definition) is 3. The normalized spacial score (nSPS) is 36.9. The zero-order valence-electron chi connectivity index (χ0n) is 11.7. The highest BCUT2D eigenvalue weighted by atomic mass is 16.3. The van der Waals surface area contributed by atoms with Gasteiger partial charge in [0.2, 0.25) is 0 Å². The topological polar surface area (TPSA) is 52.5 Å². The van der Waals surface area contributed by atoms with Crippen LogP contribution in [-0.4, -0.2) is 29.9 Å². The lowest BCUT2D eigenvalue weighted by molar-refractivity contribution is 0.00600. The van der Waals surface area contributed by atoms with E-state index in [0.29, 0.717) is 11.8 Å². The van der Waals surface area contributed by atoms with Gasteiger partial charge in [0.05, 0.1) is 6.61 Å². The number of aromatic hydroxyl groups is 1. The largest absolute Gasteiger partial charge is 0.508 e. The molecule has 19 heavy (non-hydrogen) atoms. The number of aliphatic hydroxyl groups is 1. The SMILES string of the molecule is CN[C@@H]1CC[C@]2(C)C[C@@]1(CO)Cc1ccc(O)cc12. The van der Waals surface area contributed by atoms with Gasteiger partial charge in [-0.3, -0.25) is 0 Å². The first-order chi connectivity index (χ1) is 9.03. The molecule has 1 fully saturated rings. The summed E-state index contributed by atoms with van der Waals surface area (Å²) >= 11 is 0. The molecule has 1 saturated carbocycles. The summed E-state index contributed by atoms with van der Waals surface area (Å²) in [6.45, 7) is 2.51. The van der Waals surface area contributed by atoms with Gasteiger partial charge >= 0.3 is 0 Å². The second-order valence-corrected chi connectivity index (χ2v) is 6.66. The van der Waals surface area contributed by atoms with Crippen LogP contribution in [0.1, 0.15) is 37.3 Å². The molecule has 3 N–H and O–H groups in total. The van der Waals surface area contributed by atoms with E-state index in [4.69, 9.17) is 0 Å². The second-order valence-electron chi connectivity index (χ2n) is 6.66. The van der Waals surface area contributed by atoms with Crippen LogP contribution in [0.3, 0.4) is 0 Å². The molecular formula is C16H23NO2. The lowest BCUT2D eigenvalue weighted by Gasteiger charge is -2.55. The van der Waals surface area contributed by atoms with Gasteiger partial charge in [0.25, 0.3) is 0 Å². The Morgan fingerprint density at radius 1 is 1.42 bits per heavy atom. The Hall–Kier alpha value is -1.06. The number of fused-ring (bicyclic) bond motifs is 4. The summed E-state index contributed by atoms with van der Waals surface area (Å²) in [5.74, 6) is 0.354. The Kier molecular flexibility index (Phi) is 2.88. The summed E-state index contributed by atoms with van der Waals surface area (Å²) in [5, 5.41) is 23.2. The summed E-state index contributed by atoms with van der Waals surface area (Å²) in [6, 6.07) is 6.11. The molecule has 3 heteroatoms. The molecule has 2 bridgehead atoms. The molecule has 0 amide bonds. The molecule has 1 aromatic rings. The average Bonchev–Trinajstić information content (AvgIpc) is 2.40. The maximum atomic E-state index is 10.00. The highest BCUT2D eigenvalue weighted by Gasteiger charge is 2.52. The molecule has 3 nitrogen and oxygen atoms in total. The molecule has 104 valence electrons. The minimum Gasteiger partial charge on any atom is -0.508 e. The Morgan fingerprint density at radius 2 is 2.21 bits per heavy atom. The van der Waals surface area contributed by atoms with E-state index in [1.54, 1.807) is 6.07 Å². The van der Waals surface area contributed by atoms with E-state index in [-0.39, 0.29) is 17.4 Å². The molecule has 1 aromatic carbocycles. The first-order valence-electron chi connectivity index (χ1n) is 7.13. The van der Waals surface area contributed by atoms with Crippen molar-refractivity contribution in [1.29, 1.82) is 0 Å². The van der Waals surface area contributed by atoms with Gasteiger partial charge in [0, 0.05) is 11.5 Å². The standard InChI is InChI=1S/C16H23NO2/c1-15-6-5-14(17-2)16(9-15,10-18)8-11-3-4-12(19)7-13(11)15/h3-4,7,14,17-19H,5-6,8-10H2,1-2H3/t14-,15-,16-/m1/s1. The van der Waals surface area contributed by atoms with Crippen LogP contribution in [0.15, 0.2) is 18.2 Å². The maximum absolute atomic E-state index is 10.00. The number of rotatable bonds is 2. The van der Waals surface area contributed by atoms with Crippen LogP contribution < -0.4 is 5.32 Å². The van der Waals surface area contributed by atoms with Gasteiger partial charge in [-0.15, -0.1) is 0 Å². The van der Waals surface area contributed by atoms with Gasteiger partial charge in [0.1, 0.15) is 5.75 Å². The number of hydrogen-bond donors (Lipinski definition) is 3. The lowest BCUT2D eigenvalue weighted by atomic mass is 9.52. The van der Waals surface area contributed by atoms with Gasteiger partial charge in [-0.2, -0.15) is 0 Å². The van der Waals surface area contributed by atoms with E-state index in [2.05, 4.69) is 12.2 Å². The third-order valence-corrected chi connectivity index (χ3v) is 5.42. The van der Waals surface area contributed by atoms with E-state index in [1.807, 2.05) is 19.2 Å². The van der Waals surface area contributed by atoms with Crippen molar-refractivity contribution in [2.45, 2.75) is 44.1 Å². The van der Waals surface area contributed by atoms with Crippen molar-refractivity contribution in [2.75, 3.05) is 13.7 Å². The second kappa shape index (κ2) is 4.22. The smallest absolute Gasteiger partial charge is 0.115 e. The van der Waals surface area contributed by atoms with E-state index in [1.165, 1.54) is 11.1 Å². The number of nitrogens with one attached hydrogen (secondary N) is 1. The average molecular weight is 261 g/mol. The minimum atomic E-state index is -0.0499. The van der Waals surface area contributed by atoms with Gasteiger partial charge in [-0.05, 0) is 61.4 Å². The molecular weight excluding hydrogens is 238 g/mol. The number of phenolic OH excluding ortho intramolecular Hbond substituents is 1. The summed E-state index contributed by atoms with van der Waals surface area (Å²) < 4.78 is 0. The zero-order valence-corrected chi connectivity index (χ0v) is 11.7. The third-order valence-electron chi connectivity index (χ3n) is 5.42. The Balaban J connectivity index is 2.12. The molecule has 0 unspecified atom stereocenters. The Morgan fingerprint density at radius 3 is 2.89 bits per heavy atom. The van der Waals surface area contributed by atoms with Gasteiger partial charge < -0.3 is 15.5 Å². The van der Waals surface area contributed by atoms with Crippen molar-refractivity contribution < 1.29 is 10.2 Å². The molecule has 0 aliphatic heterocycles. The van der Waals surface area contributed by atoms with Crippen molar-refractivity contribution >= 4 is 0 Å². The van der Waals surface area contributed by atoms with Crippen molar-refractivity contribution in [1.82, 2.24) is 5.32 Å². The van der Waals surface area contributed by atoms with E-state index in [0.717, 1.165) is 25.7 Å². The molecule has 0 radical (unpaired) electrons. The minimum absolute atomic E-state index is 0.0499. The molecule has 2 aliphatic carbocycles. The zero-order chi connectivity index (χ0) is 13.7. The van der Waals surface area contributed by atoms with E-state index < -0.39 is 0 Å². The summed E-state index contributed by atoms with van der Waals surface area (Å²) in [4.78, 5) is 0. The molecule has 0 heterocycles. The van der Waals surface area contributed by atoms with Crippen LogP contribution in [0.5, 0.6) is 5.75 Å². The van der Waals surface area contributed by atoms with Crippen LogP contribution in [0, 0.1) is 5.41 Å². The van der Waals surface area contributed by atoms with Crippen LogP contribution >= 0.6 is 0 Å². The van der Waals surface area contributed by atoms with Crippen molar-refractivity contribution in [3.05, 3.63) is 29.3 Å². The first-order valence-corrected chi connectivity index (χ1v) is 7.13. The van der Waals surface area contributed by atoms with E-state index in [9.17, 15) is 10.2 Å². The summed E-state index contributed by atoms with van der Waals surface area (Å²) in [7, 11) is 2.00. The maximum Gasteiger partial charge on any atom is 0.115 e. The monoisotopic (exact) mass is 261 g/mol. The quantitative estimate of drug-likeness (QED) is 0.763. The van der Waals surface area contributed by atoms with Gasteiger partial charge in [0.15, 0.2) is 0 Å². The number of phenols is 1. The third kappa shape index (κ3) is 1.79. The molecule has 0 spiro atoms. The fourth-order valence-electron chi connectivity index (χ4n) is 4.51. The predicted molar refractivity (Wildman–Crippen MR) is 75.4 cm³/mol. The molecule has 2 aliphatic rings. The fourth-order valence-corrected chi connectivity index (χ4v) is 4.51. The van der Waals surface area contributed by atoms with Crippen LogP contribution in [0.25, 0.3) is 0 Å². The predicted octanol–water partition coefficient (Wildman–Crippen LogP) is 1.96. The molecule has 3 rings (SSSR count). The van der Waals surface area contributed by atoms with Gasteiger partial charge in [-0.25, -0.2) is 0 Å². The fraction of sp³-hybridized carbons (Fsp3) is 0.625. The van der Waals surface area contributed by atoms with Crippen molar-refractivity contribution in [3.8, 4) is 5.75 Å². The van der Waals surface area contributed by atoms with Crippen LogP contribution in [0.4, 0.5) is 0 Å². The van der Waals surface area contributed by atoms with Crippen molar-refractivity contribution in [2.24, 2.45) is 5.41 Å². The summed E-state index contributed by atoms with van der Waals surface area (Å²) in [6.07, 6.45) is 4.10. The molecule has 0 saturated heterocycles. The highest BCUT2D eigenvalue weighted by Crippen LogP contribution is 2.54. The lowest BCUT2D eigenvalue weighted by Crippen LogP contribution is -2.57. The first kappa shape index (κ1) is 12.9. The molecule has 3 atom stereocenters. The van der Waals surface area contributed by atoms with Crippen LogP contribution in [0.2, 0.25) is 0 Å². The number of benzene rings is 1. The number of aliphatic hydroxyl groups excluding tert-OH is 1. The highest BCUT2D eigenvalue weighted by molar-refractivity contribution is 5.44. The molecule has 0 aromatic heterocycles. The van der Waals surface area contributed by atoms with Crippen LogP contribution in [-0.2, 0) is 11.8 Å². The van der Waals surface area contributed by atoms with Gasteiger partial charge in [-0.1, -0.05) is 13.0 Å². The Labute approximate surface area is 114 Å². The summed E-state index contributed by atoms with van der Waals surface area (Å²) in [5.41, 5.74) is 2.61. The Bertz CT molecular complexity index is 502. The van der Waals surface area contributed by atoms with Crippen molar-refractivity contribution in [3.63, 3.8) is 0 Å².